The Labute approximate surface area is 123 Å². The molecule has 1 amide bonds. The SMILES string of the molecule is Cc1nc2c(s1)CCCC2NC(=O)CCNS(C)(=O)=O. The second kappa shape index (κ2) is 6.19. The smallest absolute Gasteiger partial charge is 0.221 e. The summed E-state index contributed by atoms with van der Waals surface area (Å²) in [6, 6.07) is -0.0329. The van der Waals surface area contributed by atoms with Gasteiger partial charge >= 0.3 is 0 Å². The molecule has 1 aromatic heterocycles. The molecule has 0 spiro atoms. The largest absolute Gasteiger partial charge is 0.348 e. The van der Waals surface area contributed by atoms with E-state index in [4.69, 9.17) is 0 Å². The third-order valence-electron chi connectivity index (χ3n) is 3.11. The lowest BCUT2D eigenvalue weighted by Crippen LogP contribution is -2.34. The van der Waals surface area contributed by atoms with Crippen LogP contribution in [0.15, 0.2) is 0 Å². The van der Waals surface area contributed by atoms with Gasteiger partial charge in [-0.05, 0) is 26.2 Å². The van der Waals surface area contributed by atoms with Crippen molar-refractivity contribution in [3.05, 3.63) is 15.6 Å². The number of hydrogen-bond acceptors (Lipinski definition) is 5. The average molecular weight is 317 g/mol. The van der Waals surface area contributed by atoms with Gasteiger partial charge in [0.15, 0.2) is 0 Å². The van der Waals surface area contributed by atoms with Gasteiger partial charge in [-0.1, -0.05) is 0 Å². The standard InChI is InChI=1S/C12H19N3O3S2/c1-8-14-12-9(4-3-5-10(12)19-8)15-11(16)6-7-13-20(2,17)18/h9,13H,3-7H2,1-2H3,(H,15,16). The molecule has 0 radical (unpaired) electrons. The second-order valence-corrected chi connectivity index (χ2v) is 8.09. The third-order valence-corrected chi connectivity index (χ3v) is 4.89. The number of sulfonamides is 1. The highest BCUT2D eigenvalue weighted by molar-refractivity contribution is 7.88. The minimum atomic E-state index is -3.24. The molecule has 0 bridgehead atoms. The van der Waals surface area contributed by atoms with Crippen LogP contribution < -0.4 is 10.0 Å². The van der Waals surface area contributed by atoms with Crippen LogP contribution in [0.25, 0.3) is 0 Å². The van der Waals surface area contributed by atoms with Gasteiger partial charge in [0.1, 0.15) is 0 Å². The number of nitrogens with zero attached hydrogens (tertiary/aromatic N) is 1. The van der Waals surface area contributed by atoms with E-state index >= 15 is 0 Å². The number of carbonyl (C=O) groups excluding carboxylic acids is 1. The molecule has 1 unspecified atom stereocenters. The van der Waals surface area contributed by atoms with E-state index in [1.54, 1.807) is 11.3 Å². The molecule has 0 saturated heterocycles. The maximum atomic E-state index is 11.8. The van der Waals surface area contributed by atoms with E-state index < -0.39 is 10.0 Å². The lowest BCUT2D eigenvalue weighted by molar-refractivity contribution is -0.121. The molecular formula is C12H19N3O3S2. The normalized spacial score (nSPS) is 18.6. The molecule has 20 heavy (non-hydrogen) atoms. The van der Waals surface area contributed by atoms with E-state index in [1.807, 2.05) is 6.92 Å². The number of thiazole rings is 1. The molecule has 112 valence electrons. The van der Waals surface area contributed by atoms with Crippen LogP contribution in [0.4, 0.5) is 0 Å². The first-order chi connectivity index (χ1) is 9.35. The van der Waals surface area contributed by atoms with Crippen LogP contribution in [0.2, 0.25) is 0 Å². The lowest BCUT2D eigenvalue weighted by Gasteiger charge is -2.22. The average Bonchev–Trinajstić information content (AvgIpc) is 2.68. The van der Waals surface area contributed by atoms with Gasteiger partial charge in [0.2, 0.25) is 15.9 Å². The van der Waals surface area contributed by atoms with Gasteiger partial charge in [-0.3, -0.25) is 4.79 Å². The predicted molar refractivity (Wildman–Crippen MR) is 78.1 cm³/mol. The Kier molecular flexibility index (Phi) is 4.77. The number of aryl methyl sites for hydroxylation is 2. The zero-order valence-electron chi connectivity index (χ0n) is 11.6. The quantitative estimate of drug-likeness (QED) is 0.844. The van der Waals surface area contributed by atoms with Crippen molar-refractivity contribution in [2.75, 3.05) is 12.8 Å². The minimum absolute atomic E-state index is 0.0329. The highest BCUT2D eigenvalue weighted by Crippen LogP contribution is 2.32. The van der Waals surface area contributed by atoms with Crippen LogP contribution >= 0.6 is 11.3 Å². The second-order valence-electron chi connectivity index (χ2n) is 4.97. The van der Waals surface area contributed by atoms with Crippen molar-refractivity contribution in [1.82, 2.24) is 15.0 Å². The van der Waals surface area contributed by atoms with Gasteiger partial charge in [-0.2, -0.15) is 0 Å². The topological polar surface area (TPSA) is 88.2 Å². The van der Waals surface area contributed by atoms with Crippen LogP contribution in [-0.2, 0) is 21.2 Å². The van der Waals surface area contributed by atoms with E-state index in [-0.39, 0.29) is 24.9 Å². The van der Waals surface area contributed by atoms with Crippen molar-refractivity contribution in [3.63, 3.8) is 0 Å². The van der Waals surface area contributed by atoms with Crippen LogP contribution in [-0.4, -0.2) is 32.1 Å². The Bertz CT molecular complexity index is 595. The fourth-order valence-electron chi connectivity index (χ4n) is 2.30. The van der Waals surface area contributed by atoms with Crippen molar-refractivity contribution in [2.45, 2.75) is 38.6 Å². The van der Waals surface area contributed by atoms with Crippen LogP contribution in [0.5, 0.6) is 0 Å². The summed E-state index contributed by atoms with van der Waals surface area (Å²) in [7, 11) is -3.24. The Morgan fingerprint density at radius 1 is 1.50 bits per heavy atom. The Balaban J connectivity index is 1.89. The molecule has 2 N–H and O–H groups in total. The summed E-state index contributed by atoms with van der Waals surface area (Å²) in [6.07, 6.45) is 4.18. The van der Waals surface area contributed by atoms with Crippen LogP contribution in [0.1, 0.15) is 40.9 Å². The third kappa shape index (κ3) is 4.26. The summed E-state index contributed by atoms with van der Waals surface area (Å²) in [5.41, 5.74) is 0.989. The Hall–Kier alpha value is -0.990. The van der Waals surface area contributed by atoms with Gasteiger partial charge in [-0.25, -0.2) is 18.1 Å². The van der Waals surface area contributed by atoms with Crippen LogP contribution in [0, 0.1) is 6.92 Å². The molecular weight excluding hydrogens is 298 g/mol. The van der Waals surface area contributed by atoms with E-state index in [0.29, 0.717) is 0 Å². The zero-order valence-corrected chi connectivity index (χ0v) is 13.2. The molecule has 1 aromatic rings. The van der Waals surface area contributed by atoms with Gasteiger partial charge in [-0.15, -0.1) is 11.3 Å². The molecule has 1 aliphatic carbocycles. The molecule has 2 rings (SSSR count). The number of nitrogens with one attached hydrogen (secondary N) is 2. The highest BCUT2D eigenvalue weighted by Gasteiger charge is 2.25. The molecule has 0 aliphatic heterocycles. The number of rotatable bonds is 5. The van der Waals surface area contributed by atoms with Gasteiger partial charge in [0, 0.05) is 17.8 Å². The van der Waals surface area contributed by atoms with E-state index in [9.17, 15) is 13.2 Å². The molecule has 0 aromatic carbocycles. The summed E-state index contributed by atoms with van der Waals surface area (Å²) >= 11 is 1.69. The van der Waals surface area contributed by atoms with E-state index in [1.165, 1.54) is 4.88 Å². The van der Waals surface area contributed by atoms with Gasteiger partial charge in [0.25, 0.3) is 0 Å². The van der Waals surface area contributed by atoms with Crippen molar-refractivity contribution in [1.29, 1.82) is 0 Å². The number of aromatic nitrogens is 1. The fraction of sp³-hybridized carbons (Fsp3) is 0.667. The highest BCUT2D eigenvalue weighted by atomic mass is 32.2. The van der Waals surface area contributed by atoms with Crippen molar-refractivity contribution in [3.8, 4) is 0 Å². The van der Waals surface area contributed by atoms with Crippen molar-refractivity contribution >= 4 is 27.3 Å². The first-order valence-electron chi connectivity index (χ1n) is 6.55. The number of carbonyl (C=O) groups is 1. The summed E-state index contributed by atoms with van der Waals surface area (Å²) in [4.78, 5) is 17.6. The maximum Gasteiger partial charge on any atom is 0.221 e. The molecule has 1 aliphatic rings. The summed E-state index contributed by atoms with van der Waals surface area (Å²) in [5, 5.41) is 3.97. The number of fused-ring (bicyclic) bond motifs is 1. The molecule has 0 fully saturated rings. The van der Waals surface area contributed by atoms with Crippen molar-refractivity contribution in [2.24, 2.45) is 0 Å². The number of hydrogen-bond donors (Lipinski definition) is 2. The predicted octanol–water partition coefficient (Wildman–Crippen LogP) is 0.884. The maximum absolute atomic E-state index is 11.8. The number of amides is 1. The van der Waals surface area contributed by atoms with Crippen molar-refractivity contribution < 1.29 is 13.2 Å². The first-order valence-corrected chi connectivity index (χ1v) is 9.26. The van der Waals surface area contributed by atoms with Crippen LogP contribution in [0.3, 0.4) is 0 Å². The summed E-state index contributed by atoms with van der Waals surface area (Å²) < 4.78 is 24.1. The molecule has 8 heteroatoms. The van der Waals surface area contributed by atoms with E-state index in [0.717, 1.165) is 36.2 Å². The van der Waals surface area contributed by atoms with E-state index in [2.05, 4.69) is 15.0 Å². The Morgan fingerprint density at radius 2 is 2.25 bits per heavy atom. The minimum Gasteiger partial charge on any atom is -0.348 e. The first kappa shape index (κ1) is 15.4. The fourth-order valence-corrected chi connectivity index (χ4v) is 3.81. The monoisotopic (exact) mass is 317 g/mol. The summed E-state index contributed by atoms with van der Waals surface area (Å²) in [5.74, 6) is -0.148. The lowest BCUT2D eigenvalue weighted by atomic mass is 9.97. The molecule has 1 atom stereocenters. The molecule has 1 heterocycles. The molecule has 6 nitrogen and oxygen atoms in total. The summed E-state index contributed by atoms with van der Waals surface area (Å²) in [6.45, 7) is 2.10. The van der Waals surface area contributed by atoms with Gasteiger partial charge < -0.3 is 5.32 Å². The van der Waals surface area contributed by atoms with Gasteiger partial charge in [0.05, 0.1) is 23.0 Å². The molecule has 0 saturated carbocycles. The Morgan fingerprint density at radius 3 is 2.95 bits per heavy atom. The zero-order chi connectivity index (χ0) is 14.8.